The summed E-state index contributed by atoms with van der Waals surface area (Å²) < 4.78 is 2.22. The first-order valence-electron chi connectivity index (χ1n) is 12.3. The Labute approximate surface area is 202 Å². The fraction of sp³-hybridized carbons (Fsp3) is 0.444. The molecule has 0 aliphatic carbocycles. The molecule has 3 aromatic rings. The van der Waals surface area contributed by atoms with Crippen LogP contribution in [0.1, 0.15) is 50.4 Å². The molecule has 2 aromatic carbocycles. The molecule has 1 aliphatic heterocycles. The molecule has 1 atom stereocenters. The molecule has 0 fully saturated rings. The molecule has 7 heteroatoms. The third-order valence-corrected chi connectivity index (χ3v) is 6.60. The van der Waals surface area contributed by atoms with E-state index in [9.17, 15) is 4.79 Å². The third kappa shape index (κ3) is 5.47. The molecule has 180 valence electrons. The van der Waals surface area contributed by atoms with Crippen molar-refractivity contribution in [2.45, 2.75) is 52.7 Å². The molecule has 1 N–H and O–H groups in total. The average Bonchev–Trinajstić information content (AvgIpc) is 3.15. The zero-order valence-electron chi connectivity index (χ0n) is 20.7. The maximum atomic E-state index is 12.1. The zero-order valence-corrected chi connectivity index (χ0v) is 20.7. The number of rotatable bonds is 8. The highest BCUT2D eigenvalue weighted by atomic mass is 16.1. The summed E-state index contributed by atoms with van der Waals surface area (Å²) in [5.74, 6) is 2.18. The van der Waals surface area contributed by atoms with Crippen molar-refractivity contribution in [3.63, 3.8) is 0 Å². The summed E-state index contributed by atoms with van der Waals surface area (Å²) in [6, 6.07) is 19.1. The van der Waals surface area contributed by atoms with Crippen LogP contribution in [0.15, 0.2) is 54.6 Å². The minimum absolute atomic E-state index is 0.0488. The van der Waals surface area contributed by atoms with Crippen LogP contribution < -0.4 is 10.2 Å². The Balaban J connectivity index is 1.41. The Morgan fingerprint density at radius 2 is 1.71 bits per heavy atom. The van der Waals surface area contributed by atoms with E-state index in [-0.39, 0.29) is 17.9 Å². The van der Waals surface area contributed by atoms with Gasteiger partial charge in [0.25, 0.3) is 0 Å². The second-order valence-electron chi connectivity index (χ2n) is 9.36. The van der Waals surface area contributed by atoms with Gasteiger partial charge in [0.15, 0.2) is 5.82 Å². The van der Waals surface area contributed by atoms with Crippen LogP contribution >= 0.6 is 0 Å². The number of anilines is 2. The van der Waals surface area contributed by atoms with E-state index in [0.717, 1.165) is 44.2 Å². The number of hydrogen-bond donors (Lipinski definition) is 1. The summed E-state index contributed by atoms with van der Waals surface area (Å²) in [6.45, 7) is 9.71. The molecular weight excluding hydrogens is 424 g/mol. The number of benzene rings is 2. The summed E-state index contributed by atoms with van der Waals surface area (Å²) in [4.78, 5) is 16.8. The van der Waals surface area contributed by atoms with Gasteiger partial charge in [-0.15, -0.1) is 10.2 Å². The number of carbonyl (C=O) groups is 1. The summed E-state index contributed by atoms with van der Waals surface area (Å²) in [7, 11) is 2.10. The van der Waals surface area contributed by atoms with Crippen LogP contribution in [0.3, 0.4) is 0 Å². The van der Waals surface area contributed by atoms with E-state index in [2.05, 4.69) is 99.3 Å². The number of amides is 1. The van der Waals surface area contributed by atoms with Crippen LogP contribution in [0.5, 0.6) is 0 Å². The fourth-order valence-corrected chi connectivity index (χ4v) is 4.47. The molecule has 0 radical (unpaired) electrons. The number of para-hydroxylation sites is 1. The highest BCUT2D eigenvalue weighted by molar-refractivity contribution is 5.75. The molecule has 0 saturated carbocycles. The Bertz CT molecular complexity index is 1080. The number of carbonyl (C=O) groups excluding carboxylic acids is 1. The molecular formula is C27H36N6O. The largest absolute Gasteiger partial charge is 0.346 e. The van der Waals surface area contributed by atoms with E-state index in [1.54, 1.807) is 0 Å². The lowest BCUT2D eigenvalue weighted by Crippen LogP contribution is -2.34. The molecule has 1 aromatic heterocycles. The monoisotopic (exact) mass is 460 g/mol. The lowest BCUT2D eigenvalue weighted by atomic mass is 10.0. The molecule has 2 heterocycles. The van der Waals surface area contributed by atoms with Gasteiger partial charge in [0.2, 0.25) is 5.91 Å². The van der Waals surface area contributed by atoms with Gasteiger partial charge in [-0.25, -0.2) is 0 Å². The van der Waals surface area contributed by atoms with Crippen molar-refractivity contribution >= 4 is 17.3 Å². The standard InChI is InChI=1S/C27H36N6O/c1-5-25(34)28-26(20(2)3)27-30-29-24-15-16-32(17-18-33(24)27)19-21-11-13-23(14-12-21)31(4)22-9-7-6-8-10-22/h6-14,20,26H,5,15-19H2,1-4H3,(H,28,34). The smallest absolute Gasteiger partial charge is 0.220 e. The van der Waals surface area contributed by atoms with Gasteiger partial charge in [0.1, 0.15) is 5.82 Å². The molecule has 1 amide bonds. The highest BCUT2D eigenvalue weighted by Crippen LogP contribution is 2.25. The zero-order chi connectivity index (χ0) is 24.1. The number of aromatic nitrogens is 3. The predicted octanol–water partition coefficient (Wildman–Crippen LogP) is 4.33. The molecule has 7 nitrogen and oxygen atoms in total. The summed E-state index contributed by atoms with van der Waals surface area (Å²) in [5.41, 5.74) is 3.66. The maximum Gasteiger partial charge on any atom is 0.220 e. The van der Waals surface area contributed by atoms with Gasteiger partial charge in [-0.05, 0) is 35.7 Å². The summed E-state index contributed by atoms with van der Waals surface area (Å²) in [5, 5.41) is 12.1. The minimum Gasteiger partial charge on any atom is -0.346 e. The van der Waals surface area contributed by atoms with Crippen molar-refractivity contribution in [1.29, 1.82) is 0 Å². The van der Waals surface area contributed by atoms with Gasteiger partial charge in [-0.3, -0.25) is 9.69 Å². The molecule has 34 heavy (non-hydrogen) atoms. The van der Waals surface area contributed by atoms with Crippen molar-refractivity contribution in [2.24, 2.45) is 5.92 Å². The number of hydrogen-bond acceptors (Lipinski definition) is 5. The van der Waals surface area contributed by atoms with E-state index >= 15 is 0 Å². The molecule has 4 rings (SSSR count). The van der Waals surface area contributed by atoms with Gasteiger partial charge in [0, 0.05) is 57.4 Å². The van der Waals surface area contributed by atoms with Gasteiger partial charge in [-0.2, -0.15) is 0 Å². The minimum atomic E-state index is -0.116. The van der Waals surface area contributed by atoms with Crippen LogP contribution in [0.4, 0.5) is 11.4 Å². The number of nitrogens with zero attached hydrogens (tertiary/aromatic N) is 5. The predicted molar refractivity (Wildman–Crippen MR) is 136 cm³/mol. The molecule has 0 bridgehead atoms. The Morgan fingerprint density at radius 1 is 1.00 bits per heavy atom. The second kappa shape index (κ2) is 10.8. The number of fused-ring (bicyclic) bond motifs is 1. The van der Waals surface area contributed by atoms with E-state index in [0.29, 0.717) is 6.42 Å². The first-order chi connectivity index (χ1) is 16.5. The third-order valence-electron chi connectivity index (χ3n) is 6.60. The lowest BCUT2D eigenvalue weighted by molar-refractivity contribution is -0.121. The van der Waals surface area contributed by atoms with Crippen LogP contribution in [-0.4, -0.2) is 45.7 Å². The Hall–Kier alpha value is -3.19. The lowest BCUT2D eigenvalue weighted by Gasteiger charge is -2.23. The van der Waals surface area contributed by atoms with Crippen molar-refractivity contribution in [3.05, 3.63) is 71.8 Å². The van der Waals surface area contributed by atoms with Crippen molar-refractivity contribution in [3.8, 4) is 0 Å². The molecule has 0 saturated heterocycles. The van der Waals surface area contributed by atoms with E-state index in [4.69, 9.17) is 0 Å². The Kier molecular flexibility index (Phi) is 7.63. The topological polar surface area (TPSA) is 66.3 Å². The Morgan fingerprint density at radius 3 is 2.38 bits per heavy atom. The van der Waals surface area contributed by atoms with E-state index < -0.39 is 0 Å². The number of nitrogens with one attached hydrogen (secondary N) is 1. The van der Waals surface area contributed by atoms with Crippen molar-refractivity contribution < 1.29 is 4.79 Å². The summed E-state index contributed by atoms with van der Waals surface area (Å²) in [6.07, 6.45) is 1.33. The van der Waals surface area contributed by atoms with Gasteiger partial charge >= 0.3 is 0 Å². The van der Waals surface area contributed by atoms with Crippen LogP contribution in [0.2, 0.25) is 0 Å². The first kappa shape index (κ1) is 24.0. The average molecular weight is 461 g/mol. The van der Waals surface area contributed by atoms with Gasteiger partial charge < -0.3 is 14.8 Å². The van der Waals surface area contributed by atoms with E-state index in [1.165, 1.54) is 16.9 Å². The van der Waals surface area contributed by atoms with E-state index in [1.807, 2.05) is 13.0 Å². The fourth-order valence-electron chi connectivity index (χ4n) is 4.47. The quantitative estimate of drug-likeness (QED) is 0.542. The van der Waals surface area contributed by atoms with Crippen LogP contribution in [0.25, 0.3) is 0 Å². The van der Waals surface area contributed by atoms with Gasteiger partial charge in [-0.1, -0.05) is 51.1 Å². The SMILES string of the molecule is CCC(=O)NC(c1nnc2n1CCN(Cc1ccc(N(C)c3ccccc3)cc1)CC2)C(C)C. The van der Waals surface area contributed by atoms with Crippen LogP contribution in [-0.2, 0) is 24.3 Å². The molecule has 1 aliphatic rings. The normalized spacial score (nSPS) is 15.0. The maximum absolute atomic E-state index is 12.1. The van der Waals surface area contributed by atoms with Crippen LogP contribution in [0, 0.1) is 5.92 Å². The van der Waals surface area contributed by atoms with Crippen molar-refractivity contribution in [1.82, 2.24) is 25.0 Å². The molecule has 0 spiro atoms. The first-order valence-corrected chi connectivity index (χ1v) is 12.3. The summed E-state index contributed by atoms with van der Waals surface area (Å²) >= 11 is 0. The van der Waals surface area contributed by atoms with Gasteiger partial charge in [0.05, 0.1) is 6.04 Å². The second-order valence-corrected chi connectivity index (χ2v) is 9.36. The van der Waals surface area contributed by atoms with Crippen molar-refractivity contribution in [2.75, 3.05) is 25.0 Å². The molecule has 1 unspecified atom stereocenters. The highest BCUT2D eigenvalue weighted by Gasteiger charge is 2.27.